The lowest BCUT2D eigenvalue weighted by molar-refractivity contribution is -0.693. The molecule has 0 saturated heterocycles. The Bertz CT molecular complexity index is 1640. The van der Waals surface area contributed by atoms with Gasteiger partial charge in [0.15, 0.2) is 12.7 Å². The van der Waals surface area contributed by atoms with Crippen LogP contribution in [0.5, 0.6) is 0 Å². The lowest BCUT2D eigenvalue weighted by atomic mass is 10.1. The smallest absolute Gasteiger partial charge is 0.337 e. The number of aryl methyl sites for hydroxylation is 2. The maximum atomic E-state index is 13.4. The number of thiazole rings is 2. The molecule has 2 aromatic heterocycles. The number of hydrogen-bond donors (Lipinski definition) is 0. The monoisotopic (exact) mass is 580 g/mol. The predicted molar refractivity (Wildman–Crippen MR) is 146 cm³/mol. The van der Waals surface area contributed by atoms with E-state index in [-0.39, 0.29) is 5.56 Å². The van der Waals surface area contributed by atoms with Crippen molar-refractivity contribution < 1.29 is 17.7 Å². The standard InChI is InChI=1S/C26H22ClF3N3OS3/c1-3-33-22(37-23(24(33)34)25-31(2)19-9-8-18(27)14-20(19)36-25)15-21-32(12-13-35-21)11-10-16-4-6-17(7-5-16)26(28,29)30/h4-9,12-15H,3,10-11H2,1-2H3/q+1/b25-23+. The summed E-state index contributed by atoms with van der Waals surface area (Å²) in [6.07, 6.45) is 0.230. The first kappa shape index (κ1) is 26.1. The highest BCUT2D eigenvalue weighted by Crippen LogP contribution is 2.46. The molecular weight excluding hydrogens is 559 g/mol. The van der Waals surface area contributed by atoms with Crippen molar-refractivity contribution in [2.75, 3.05) is 11.9 Å². The first-order chi connectivity index (χ1) is 17.7. The van der Waals surface area contributed by atoms with Crippen molar-refractivity contribution in [1.82, 2.24) is 4.57 Å². The van der Waals surface area contributed by atoms with Gasteiger partial charge < -0.3 is 4.90 Å². The molecule has 0 radical (unpaired) electrons. The third kappa shape index (κ3) is 5.25. The molecule has 2 aromatic carbocycles. The molecule has 1 aliphatic heterocycles. The van der Waals surface area contributed by atoms with E-state index in [1.54, 1.807) is 27.7 Å². The number of rotatable bonds is 5. The van der Waals surface area contributed by atoms with Crippen molar-refractivity contribution in [3.8, 4) is 0 Å². The second-order valence-electron chi connectivity index (χ2n) is 8.42. The molecule has 5 rings (SSSR count). The van der Waals surface area contributed by atoms with Crippen molar-refractivity contribution in [2.45, 2.75) is 37.5 Å². The van der Waals surface area contributed by atoms with Crippen LogP contribution < -0.4 is 24.2 Å². The Kier molecular flexibility index (Phi) is 7.28. The average molecular weight is 581 g/mol. The molecule has 11 heteroatoms. The fraction of sp³-hybridized carbons (Fsp3) is 0.231. The molecule has 0 aliphatic carbocycles. The highest BCUT2D eigenvalue weighted by Gasteiger charge is 2.30. The molecule has 4 aromatic rings. The van der Waals surface area contributed by atoms with Gasteiger partial charge in [-0.1, -0.05) is 46.8 Å². The van der Waals surface area contributed by atoms with Crippen LogP contribution in [0.3, 0.4) is 0 Å². The van der Waals surface area contributed by atoms with Gasteiger partial charge in [0.05, 0.1) is 22.7 Å². The highest BCUT2D eigenvalue weighted by molar-refractivity contribution is 8.08. The van der Waals surface area contributed by atoms with Crippen molar-refractivity contribution in [3.63, 3.8) is 0 Å². The van der Waals surface area contributed by atoms with Crippen LogP contribution in [0.4, 0.5) is 18.9 Å². The topological polar surface area (TPSA) is 29.1 Å². The van der Waals surface area contributed by atoms with Gasteiger partial charge in [0.25, 0.3) is 10.6 Å². The fourth-order valence-electron chi connectivity index (χ4n) is 4.13. The number of thioether (sulfide) groups is 1. The van der Waals surface area contributed by atoms with Gasteiger partial charge in [0.1, 0.15) is 14.2 Å². The lowest BCUT2D eigenvalue weighted by Crippen LogP contribution is -2.36. The van der Waals surface area contributed by atoms with Crippen LogP contribution in [0.25, 0.3) is 11.1 Å². The van der Waals surface area contributed by atoms with Crippen LogP contribution in [0.15, 0.2) is 63.7 Å². The second-order valence-corrected chi connectivity index (χ2v) is 11.8. The number of alkyl halides is 3. The molecule has 0 atom stereocenters. The minimum atomic E-state index is -4.34. The minimum Gasteiger partial charge on any atom is -0.337 e. The molecule has 192 valence electrons. The van der Waals surface area contributed by atoms with Crippen LogP contribution >= 0.6 is 46.0 Å². The van der Waals surface area contributed by atoms with Gasteiger partial charge in [-0.15, -0.1) is 11.3 Å². The summed E-state index contributed by atoms with van der Waals surface area (Å²) >= 11 is 10.7. The van der Waals surface area contributed by atoms with Gasteiger partial charge >= 0.3 is 6.18 Å². The minimum absolute atomic E-state index is 0.0279. The van der Waals surface area contributed by atoms with Crippen LogP contribution in [0.1, 0.15) is 23.1 Å². The SMILES string of the molecule is CCn1c(=O)/c(=C2\Sc3cc(Cl)ccc3N2C)s/c1=C\c1scc[n+]1CCc1ccc(C(F)(F)F)cc1. The number of fused-ring (bicyclic) bond motifs is 1. The molecule has 0 N–H and O–H groups in total. The highest BCUT2D eigenvalue weighted by atomic mass is 35.5. The molecule has 0 amide bonds. The molecule has 0 spiro atoms. The molecule has 37 heavy (non-hydrogen) atoms. The number of aromatic nitrogens is 2. The number of anilines is 1. The van der Waals surface area contributed by atoms with Crippen LogP contribution in [-0.2, 0) is 25.7 Å². The van der Waals surface area contributed by atoms with Gasteiger partial charge in [0, 0.05) is 29.9 Å². The van der Waals surface area contributed by atoms with Gasteiger partial charge in [-0.25, -0.2) is 0 Å². The average Bonchev–Trinajstić information content (AvgIpc) is 3.53. The Hall–Kier alpha value is -2.53. The molecular formula is C26H22ClF3N3OS3+. The van der Waals surface area contributed by atoms with Gasteiger partial charge in [-0.05, 0) is 42.8 Å². The summed E-state index contributed by atoms with van der Waals surface area (Å²) in [5.74, 6) is 0. The molecule has 4 nitrogen and oxygen atoms in total. The Morgan fingerprint density at radius 2 is 1.89 bits per heavy atom. The van der Waals surface area contributed by atoms with E-state index in [1.165, 1.54) is 23.5 Å². The third-order valence-electron chi connectivity index (χ3n) is 6.10. The zero-order valence-corrected chi connectivity index (χ0v) is 23.1. The van der Waals surface area contributed by atoms with Crippen molar-refractivity contribution >= 4 is 62.8 Å². The predicted octanol–water partition coefficient (Wildman–Crippen LogP) is 5.33. The maximum absolute atomic E-state index is 13.4. The molecule has 0 bridgehead atoms. The van der Waals surface area contributed by atoms with Gasteiger partial charge in [-0.2, -0.15) is 17.7 Å². The van der Waals surface area contributed by atoms with E-state index < -0.39 is 11.7 Å². The quantitative estimate of drug-likeness (QED) is 0.299. The van der Waals surface area contributed by atoms with Crippen molar-refractivity contribution in [3.05, 3.63) is 94.7 Å². The van der Waals surface area contributed by atoms with E-state index in [9.17, 15) is 18.0 Å². The van der Waals surface area contributed by atoms with Crippen LogP contribution in [0, 0.1) is 0 Å². The van der Waals surface area contributed by atoms with Gasteiger partial charge in [0.2, 0.25) is 0 Å². The second kappa shape index (κ2) is 10.3. The van der Waals surface area contributed by atoms with Gasteiger partial charge in [-0.3, -0.25) is 9.36 Å². The van der Waals surface area contributed by atoms with E-state index in [2.05, 4.69) is 4.57 Å². The Morgan fingerprint density at radius 1 is 1.14 bits per heavy atom. The normalized spacial score (nSPS) is 15.5. The van der Waals surface area contributed by atoms with E-state index >= 15 is 0 Å². The summed E-state index contributed by atoms with van der Waals surface area (Å²) in [5, 5.41) is 4.48. The first-order valence-electron chi connectivity index (χ1n) is 11.5. The lowest BCUT2D eigenvalue weighted by Gasteiger charge is -2.12. The molecule has 3 heterocycles. The number of halogens is 4. The Morgan fingerprint density at radius 3 is 2.59 bits per heavy atom. The van der Waals surface area contributed by atoms with E-state index in [1.807, 2.05) is 54.7 Å². The zero-order valence-electron chi connectivity index (χ0n) is 19.9. The van der Waals surface area contributed by atoms with Crippen LogP contribution in [-0.4, -0.2) is 11.6 Å². The van der Waals surface area contributed by atoms with Crippen molar-refractivity contribution in [1.29, 1.82) is 0 Å². The van der Waals surface area contributed by atoms with E-state index in [0.717, 1.165) is 43.0 Å². The fourth-order valence-corrected chi connectivity index (χ4v) is 7.75. The van der Waals surface area contributed by atoms with E-state index in [0.29, 0.717) is 29.1 Å². The summed E-state index contributed by atoms with van der Waals surface area (Å²) in [6, 6.07) is 11.0. The Balaban J connectivity index is 1.46. The summed E-state index contributed by atoms with van der Waals surface area (Å²) in [7, 11) is 1.95. The zero-order chi connectivity index (χ0) is 26.3. The van der Waals surface area contributed by atoms with Crippen molar-refractivity contribution in [2.24, 2.45) is 0 Å². The third-order valence-corrected chi connectivity index (χ3v) is 9.65. The van der Waals surface area contributed by atoms with Crippen LogP contribution in [0.2, 0.25) is 5.02 Å². The summed E-state index contributed by atoms with van der Waals surface area (Å²) in [5.41, 5.74) is 1.18. The number of benzene rings is 2. The first-order valence-corrected chi connectivity index (χ1v) is 14.3. The molecule has 1 aliphatic rings. The maximum Gasteiger partial charge on any atom is 0.416 e. The number of hydrogen-bond acceptors (Lipinski definition) is 5. The molecule has 0 unspecified atom stereocenters. The summed E-state index contributed by atoms with van der Waals surface area (Å²) in [4.78, 5) is 16.4. The summed E-state index contributed by atoms with van der Waals surface area (Å²) < 4.78 is 43.9. The summed E-state index contributed by atoms with van der Waals surface area (Å²) in [6.45, 7) is 3.10. The number of nitrogens with zero attached hydrogens (tertiary/aromatic N) is 3. The molecule has 0 fully saturated rings. The molecule has 0 saturated carbocycles. The Labute approximate surface area is 228 Å². The largest absolute Gasteiger partial charge is 0.416 e. The van der Waals surface area contributed by atoms with E-state index in [4.69, 9.17) is 11.6 Å².